The highest BCUT2D eigenvalue weighted by atomic mass is 32.2. The highest BCUT2D eigenvalue weighted by Gasteiger charge is 2.18. The summed E-state index contributed by atoms with van der Waals surface area (Å²) in [5, 5.41) is 12.7. The summed E-state index contributed by atoms with van der Waals surface area (Å²) in [4.78, 5) is -0.403. The molecule has 0 amide bonds. The van der Waals surface area contributed by atoms with Crippen molar-refractivity contribution in [1.29, 1.82) is 0 Å². The van der Waals surface area contributed by atoms with E-state index in [1.165, 1.54) is 17.4 Å². The van der Waals surface area contributed by atoms with Crippen LogP contribution in [0.25, 0.3) is 0 Å². The molecule has 1 aromatic carbocycles. The van der Waals surface area contributed by atoms with Crippen LogP contribution in [-0.4, -0.2) is 20.1 Å². The molecule has 0 spiro atoms. The largest absolute Gasteiger partial charge is 0.392 e. The van der Waals surface area contributed by atoms with Crippen molar-refractivity contribution in [1.82, 2.24) is 4.72 Å². The van der Waals surface area contributed by atoms with E-state index in [1.54, 1.807) is 0 Å². The highest BCUT2D eigenvalue weighted by molar-refractivity contribution is 7.89. The Hall–Kier alpha value is -1.28. The molecule has 2 N–H and O–H groups in total. The molecule has 7 heteroatoms. The van der Waals surface area contributed by atoms with Gasteiger partial charge in [-0.05, 0) is 46.5 Å². The number of aliphatic hydroxyl groups excluding tert-OH is 1. The Bertz CT molecular complexity index is 669. The topological polar surface area (TPSA) is 66.4 Å². The van der Waals surface area contributed by atoms with Crippen molar-refractivity contribution in [2.75, 3.05) is 6.54 Å². The van der Waals surface area contributed by atoms with Crippen LogP contribution in [0.2, 0.25) is 0 Å². The summed E-state index contributed by atoms with van der Waals surface area (Å²) >= 11 is 1.54. The molecule has 0 unspecified atom stereocenters. The van der Waals surface area contributed by atoms with E-state index in [0.717, 1.165) is 17.7 Å². The zero-order valence-electron chi connectivity index (χ0n) is 10.5. The molecule has 1 aromatic heterocycles. The summed E-state index contributed by atoms with van der Waals surface area (Å²) in [6, 6.07) is 5.48. The average Bonchev–Trinajstić information content (AvgIpc) is 2.91. The molecule has 2 aromatic rings. The molecule has 0 bridgehead atoms. The normalized spacial score (nSPS) is 11.7. The van der Waals surface area contributed by atoms with E-state index in [2.05, 4.69) is 4.72 Å². The van der Waals surface area contributed by atoms with Crippen LogP contribution < -0.4 is 4.72 Å². The summed E-state index contributed by atoms with van der Waals surface area (Å²) in [6.07, 6.45) is 0.555. The molecule has 0 aliphatic heterocycles. The van der Waals surface area contributed by atoms with Crippen molar-refractivity contribution in [3.63, 3.8) is 0 Å². The minimum absolute atomic E-state index is 0.209. The van der Waals surface area contributed by atoms with Gasteiger partial charge in [0, 0.05) is 6.54 Å². The van der Waals surface area contributed by atoms with Crippen LogP contribution >= 0.6 is 11.3 Å². The van der Waals surface area contributed by atoms with Gasteiger partial charge >= 0.3 is 0 Å². The van der Waals surface area contributed by atoms with Crippen molar-refractivity contribution < 1.29 is 17.9 Å². The Labute approximate surface area is 120 Å². The van der Waals surface area contributed by atoms with E-state index in [-0.39, 0.29) is 13.2 Å². The molecule has 0 fully saturated rings. The van der Waals surface area contributed by atoms with E-state index in [0.29, 0.717) is 12.0 Å². The Kier molecular flexibility index (Phi) is 4.87. The van der Waals surface area contributed by atoms with Gasteiger partial charge in [0.1, 0.15) is 10.7 Å². The van der Waals surface area contributed by atoms with Gasteiger partial charge in [0.25, 0.3) is 0 Å². The van der Waals surface area contributed by atoms with Crippen LogP contribution in [0, 0.1) is 5.82 Å². The van der Waals surface area contributed by atoms with Crippen molar-refractivity contribution in [2.24, 2.45) is 0 Å². The van der Waals surface area contributed by atoms with Gasteiger partial charge < -0.3 is 5.11 Å². The van der Waals surface area contributed by atoms with E-state index >= 15 is 0 Å². The second kappa shape index (κ2) is 6.45. The molecule has 0 saturated heterocycles. The van der Waals surface area contributed by atoms with E-state index in [9.17, 15) is 12.8 Å². The van der Waals surface area contributed by atoms with Gasteiger partial charge in [-0.1, -0.05) is 6.07 Å². The van der Waals surface area contributed by atoms with Crippen molar-refractivity contribution >= 4 is 21.4 Å². The molecule has 0 aliphatic rings. The van der Waals surface area contributed by atoms with Gasteiger partial charge in [0.05, 0.1) is 6.61 Å². The first-order chi connectivity index (χ1) is 9.53. The first-order valence-corrected chi connectivity index (χ1v) is 8.35. The summed E-state index contributed by atoms with van der Waals surface area (Å²) in [5.74, 6) is -0.861. The predicted octanol–water partition coefficient (Wildman–Crippen LogP) is 1.90. The number of benzene rings is 1. The minimum Gasteiger partial charge on any atom is -0.392 e. The summed E-state index contributed by atoms with van der Waals surface area (Å²) in [7, 11) is -3.87. The number of hydrogen-bond acceptors (Lipinski definition) is 4. The quantitative estimate of drug-likeness (QED) is 0.855. The van der Waals surface area contributed by atoms with E-state index < -0.39 is 20.7 Å². The number of halogens is 1. The van der Waals surface area contributed by atoms with Crippen LogP contribution in [0.3, 0.4) is 0 Å². The Morgan fingerprint density at radius 1 is 1.25 bits per heavy atom. The van der Waals surface area contributed by atoms with E-state index in [4.69, 9.17) is 5.11 Å². The lowest BCUT2D eigenvalue weighted by Gasteiger charge is -2.08. The highest BCUT2D eigenvalue weighted by Crippen LogP contribution is 2.16. The smallest absolute Gasteiger partial charge is 0.243 e. The van der Waals surface area contributed by atoms with Gasteiger partial charge in [-0.3, -0.25) is 0 Å². The lowest BCUT2D eigenvalue weighted by molar-refractivity contribution is 0.281. The fourth-order valence-electron chi connectivity index (χ4n) is 1.70. The Morgan fingerprint density at radius 3 is 2.65 bits per heavy atom. The molecular formula is C13H14FNO3S2. The van der Waals surface area contributed by atoms with Gasteiger partial charge in [0.15, 0.2) is 0 Å². The molecule has 1 heterocycles. The van der Waals surface area contributed by atoms with Gasteiger partial charge in [-0.15, -0.1) is 0 Å². The zero-order chi connectivity index (χ0) is 14.6. The van der Waals surface area contributed by atoms with Crippen molar-refractivity contribution in [2.45, 2.75) is 17.9 Å². The summed E-state index contributed by atoms with van der Waals surface area (Å²) in [5.41, 5.74) is 1.37. The first kappa shape index (κ1) is 15.1. The van der Waals surface area contributed by atoms with Gasteiger partial charge in [0.2, 0.25) is 10.0 Å². The fraction of sp³-hybridized carbons (Fsp3) is 0.231. The monoisotopic (exact) mass is 315 g/mol. The van der Waals surface area contributed by atoms with Crippen LogP contribution in [0.4, 0.5) is 4.39 Å². The third-order valence-electron chi connectivity index (χ3n) is 2.75. The van der Waals surface area contributed by atoms with Crippen LogP contribution in [-0.2, 0) is 23.1 Å². The molecule has 2 rings (SSSR count). The number of rotatable bonds is 6. The molecule has 0 aliphatic carbocycles. The van der Waals surface area contributed by atoms with Crippen molar-refractivity contribution in [3.05, 3.63) is 52.0 Å². The summed E-state index contributed by atoms with van der Waals surface area (Å²) < 4.78 is 40.0. The molecular weight excluding hydrogens is 301 g/mol. The van der Waals surface area contributed by atoms with Crippen LogP contribution in [0.1, 0.15) is 11.1 Å². The number of aliphatic hydroxyl groups is 1. The number of hydrogen-bond donors (Lipinski definition) is 2. The number of thiophene rings is 1. The van der Waals surface area contributed by atoms with E-state index in [1.807, 2.05) is 16.8 Å². The van der Waals surface area contributed by atoms with Gasteiger partial charge in [-0.2, -0.15) is 11.3 Å². The third-order valence-corrected chi connectivity index (χ3v) is 4.98. The molecule has 20 heavy (non-hydrogen) atoms. The lowest BCUT2D eigenvalue weighted by Crippen LogP contribution is -2.26. The maximum Gasteiger partial charge on any atom is 0.243 e. The minimum atomic E-state index is -3.87. The number of sulfonamides is 1. The maximum absolute atomic E-state index is 13.7. The van der Waals surface area contributed by atoms with Crippen molar-refractivity contribution in [3.8, 4) is 0 Å². The molecule has 0 saturated carbocycles. The summed E-state index contributed by atoms with van der Waals surface area (Å²) in [6.45, 7) is -0.122. The standard InChI is InChI=1S/C13H14FNO3S2/c14-12-7-11(8-16)1-2-13(12)20(17,18)15-5-3-10-4-6-19-9-10/h1-2,4,6-7,9,15-16H,3,5,8H2. The second-order valence-corrected chi connectivity index (χ2v) is 6.72. The van der Waals surface area contributed by atoms with Crippen LogP contribution in [0.5, 0.6) is 0 Å². The molecule has 0 atom stereocenters. The molecule has 4 nitrogen and oxygen atoms in total. The Morgan fingerprint density at radius 2 is 2.05 bits per heavy atom. The SMILES string of the molecule is O=S(=O)(NCCc1ccsc1)c1ccc(CO)cc1F. The first-order valence-electron chi connectivity index (χ1n) is 5.93. The lowest BCUT2D eigenvalue weighted by atomic mass is 10.2. The zero-order valence-corrected chi connectivity index (χ0v) is 12.2. The van der Waals surface area contributed by atoms with Gasteiger partial charge in [-0.25, -0.2) is 17.5 Å². The fourth-order valence-corrected chi connectivity index (χ4v) is 3.50. The number of nitrogens with one attached hydrogen (secondary N) is 1. The third kappa shape index (κ3) is 3.63. The molecule has 0 radical (unpaired) electrons. The van der Waals surface area contributed by atoms with Crippen LogP contribution in [0.15, 0.2) is 39.9 Å². The Balaban J connectivity index is 2.06. The average molecular weight is 315 g/mol. The second-order valence-electron chi connectivity index (χ2n) is 4.20. The molecule has 108 valence electrons. The maximum atomic E-state index is 13.7. The predicted molar refractivity (Wildman–Crippen MR) is 75.5 cm³/mol.